The van der Waals surface area contributed by atoms with Gasteiger partial charge in [0, 0.05) is 10.5 Å². The van der Waals surface area contributed by atoms with Gasteiger partial charge in [0.1, 0.15) is 18.2 Å². The number of benzene rings is 2. The van der Waals surface area contributed by atoms with E-state index in [0.717, 1.165) is 15.6 Å². The molecule has 17 heavy (non-hydrogen) atoms. The lowest BCUT2D eigenvalue weighted by Gasteiger charge is -2.09. The molecule has 0 saturated heterocycles. The molecule has 0 atom stereocenters. The molecule has 0 radical (unpaired) electrons. The summed E-state index contributed by atoms with van der Waals surface area (Å²) in [6.07, 6.45) is 0. The molecule has 0 heterocycles. The molecule has 2 aromatic carbocycles. The topological polar surface area (TPSA) is 9.23 Å². The fourth-order valence-electron chi connectivity index (χ4n) is 1.54. The van der Waals surface area contributed by atoms with Crippen LogP contribution in [0.3, 0.4) is 0 Å². The zero-order valence-corrected chi connectivity index (χ0v) is 11.0. The summed E-state index contributed by atoms with van der Waals surface area (Å²) in [6, 6.07) is 12.2. The highest BCUT2D eigenvalue weighted by atomic mass is 79.9. The number of rotatable bonds is 3. The molecule has 2 rings (SSSR count). The molecule has 0 fully saturated rings. The third-order valence-electron chi connectivity index (χ3n) is 2.50. The van der Waals surface area contributed by atoms with Crippen molar-refractivity contribution in [1.29, 1.82) is 0 Å². The van der Waals surface area contributed by atoms with Crippen LogP contribution in [0.5, 0.6) is 5.75 Å². The monoisotopic (exact) mass is 294 g/mol. The minimum Gasteiger partial charge on any atom is -0.489 e. The van der Waals surface area contributed by atoms with Gasteiger partial charge in [0.15, 0.2) is 0 Å². The van der Waals surface area contributed by atoms with Crippen molar-refractivity contribution in [3.8, 4) is 5.75 Å². The first-order valence-corrected chi connectivity index (χ1v) is 6.08. The molecule has 2 aromatic rings. The van der Waals surface area contributed by atoms with Gasteiger partial charge in [-0.05, 0) is 42.3 Å². The number of ether oxygens (including phenoxy) is 1. The highest BCUT2D eigenvalue weighted by Crippen LogP contribution is 2.19. The van der Waals surface area contributed by atoms with Gasteiger partial charge in [0.25, 0.3) is 0 Å². The van der Waals surface area contributed by atoms with Crippen molar-refractivity contribution in [3.63, 3.8) is 0 Å². The van der Waals surface area contributed by atoms with E-state index in [2.05, 4.69) is 15.9 Å². The molecule has 1 nitrogen and oxygen atoms in total. The third kappa shape index (κ3) is 3.30. The summed E-state index contributed by atoms with van der Waals surface area (Å²) in [5.41, 5.74) is 2.24. The molecule has 0 aliphatic heterocycles. The highest BCUT2D eigenvalue weighted by Gasteiger charge is 2.01. The van der Waals surface area contributed by atoms with Crippen molar-refractivity contribution in [2.75, 3.05) is 0 Å². The maximum atomic E-state index is 12.9. The number of hydrogen-bond acceptors (Lipinski definition) is 1. The van der Waals surface area contributed by atoms with Crippen LogP contribution < -0.4 is 4.74 Å². The lowest BCUT2D eigenvalue weighted by atomic mass is 10.1. The van der Waals surface area contributed by atoms with Gasteiger partial charge >= 0.3 is 0 Å². The summed E-state index contributed by atoms with van der Waals surface area (Å²) < 4.78 is 19.5. The largest absolute Gasteiger partial charge is 0.489 e. The molecule has 0 unspecified atom stereocenters. The fraction of sp³-hybridized carbons (Fsp3) is 0.143. The first kappa shape index (κ1) is 12.1. The second-order valence-corrected chi connectivity index (χ2v) is 4.73. The van der Waals surface area contributed by atoms with Gasteiger partial charge in [-0.1, -0.05) is 28.1 Å². The van der Waals surface area contributed by atoms with Crippen LogP contribution in [-0.2, 0) is 6.61 Å². The van der Waals surface area contributed by atoms with Gasteiger partial charge in [-0.15, -0.1) is 0 Å². The Labute approximate surface area is 108 Å². The van der Waals surface area contributed by atoms with Gasteiger partial charge in [0.2, 0.25) is 0 Å². The fourth-order valence-corrected chi connectivity index (χ4v) is 2.01. The van der Waals surface area contributed by atoms with Gasteiger partial charge in [-0.25, -0.2) is 4.39 Å². The standard InChI is InChI=1S/C14H12BrFO/c1-10-7-12(15)6-5-11(10)9-17-14-4-2-3-13(16)8-14/h2-8H,9H2,1H3. The normalized spacial score (nSPS) is 10.3. The molecule has 0 saturated carbocycles. The van der Waals surface area contributed by atoms with E-state index in [-0.39, 0.29) is 5.82 Å². The predicted octanol–water partition coefficient (Wildman–Crippen LogP) is 4.48. The summed E-state index contributed by atoms with van der Waals surface area (Å²) >= 11 is 3.41. The molecule has 0 aromatic heterocycles. The molecular weight excluding hydrogens is 283 g/mol. The number of halogens is 2. The summed E-state index contributed by atoms with van der Waals surface area (Å²) in [6.45, 7) is 2.47. The number of aryl methyl sites for hydroxylation is 1. The maximum absolute atomic E-state index is 12.9. The second kappa shape index (κ2) is 5.32. The van der Waals surface area contributed by atoms with Crippen molar-refractivity contribution in [2.24, 2.45) is 0 Å². The minimum absolute atomic E-state index is 0.282. The molecule has 0 aliphatic carbocycles. The van der Waals surface area contributed by atoms with Crippen LogP contribution in [0.4, 0.5) is 4.39 Å². The molecule has 0 spiro atoms. The van der Waals surface area contributed by atoms with Gasteiger partial charge in [-0.3, -0.25) is 0 Å². The van der Waals surface area contributed by atoms with Gasteiger partial charge in [0.05, 0.1) is 0 Å². The van der Waals surface area contributed by atoms with Crippen LogP contribution in [-0.4, -0.2) is 0 Å². The van der Waals surface area contributed by atoms with E-state index in [1.54, 1.807) is 12.1 Å². The molecular formula is C14H12BrFO. The summed E-state index contributed by atoms with van der Waals surface area (Å²) in [5.74, 6) is 0.266. The Morgan fingerprint density at radius 2 is 2.00 bits per heavy atom. The van der Waals surface area contributed by atoms with E-state index in [0.29, 0.717) is 12.4 Å². The van der Waals surface area contributed by atoms with E-state index in [9.17, 15) is 4.39 Å². The first-order valence-electron chi connectivity index (χ1n) is 5.28. The lowest BCUT2D eigenvalue weighted by molar-refractivity contribution is 0.304. The van der Waals surface area contributed by atoms with Crippen LogP contribution in [0.2, 0.25) is 0 Å². The quantitative estimate of drug-likeness (QED) is 0.811. The average molecular weight is 295 g/mol. The molecule has 0 bridgehead atoms. The minimum atomic E-state index is -0.282. The average Bonchev–Trinajstić information content (AvgIpc) is 2.28. The third-order valence-corrected chi connectivity index (χ3v) is 2.99. The summed E-state index contributed by atoms with van der Waals surface area (Å²) in [7, 11) is 0. The SMILES string of the molecule is Cc1cc(Br)ccc1COc1cccc(F)c1. The van der Waals surface area contributed by atoms with Gasteiger partial charge < -0.3 is 4.74 Å². The van der Waals surface area contributed by atoms with E-state index >= 15 is 0 Å². The van der Waals surface area contributed by atoms with Crippen molar-refractivity contribution in [3.05, 3.63) is 63.9 Å². The lowest BCUT2D eigenvalue weighted by Crippen LogP contribution is -1.98. The molecule has 88 valence electrons. The molecule has 0 N–H and O–H groups in total. The smallest absolute Gasteiger partial charge is 0.126 e. The summed E-state index contributed by atoms with van der Waals surface area (Å²) in [4.78, 5) is 0. The van der Waals surface area contributed by atoms with Crippen LogP contribution >= 0.6 is 15.9 Å². The van der Waals surface area contributed by atoms with Crippen molar-refractivity contribution in [2.45, 2.75) is 13.5 Å². The highest BCUT2D eigenvalue weighted by molar-refractivity contribution is 9.10. The Hall–Kier alpha value is -1.35. The van der Waals surface area contributed by atoms with Crippen LogP contribution in [0, 0.1) is 12.7 Å². The van der Waals surface area contributed by atoms with E-state index in [1.165, 1.54) is 12.1 Å². The van der Waals surface area contributed by atoms with Crippen LogP contribution in [0.1, 0.15) is 11.1 Å². The van der Waals surface area contributed by atoms with Gasteiger partial charge in [-0.2, -0.15) is 0 Å². The Balaban J connectivity index is 2.07. The van der Waals surface area contributed by atoms with E-state index < -0.39 is 0 Å². The zero-order chi connectivity index (χ0) is 12.3. The molecule has 0 aliphatic rings. The van der Waals surface area contributed by atoms with Crippen molar-refractivity contribution >= 4 is 15.9 Å². The van der Waals surface area contributed by atoms with Crippen molar-refractivity contribution in [1.82, 2.24) is 0 Å². The first-order chi connectivity index (χ1) is 8.15. The summed E-state index contributed by atoms with van der Waals surface area (Å²) in [5, 5.41) is 0. The zero-order valence-electron chi connectivity index (χ0n) is 9.41. The Morgan fingerprint density at radius 1 is 1.18 bits per heavy atom. The van der Waals surface area contributed by atoms with E-state index in [1.807, 2.05) is 25.1 Å². The maximum Gasteiger partial charge on any atom is 0.126 e. The second-order valence-electron chi connectivity index (χ2n) is 3.82. The van der Waals surface area contributed by atoms with Crippen LogP contribution in [0.25, 0.3) is 0 Å². The van der Waals surface area contributed by atoms with E-state index in [4.69, 9.17) is 4.74 Å². The molecule has 3 heteroatoms. The Bertz CT molecular complexity index is 525. The van der Waals surface area contributed by atoms with Crippen molar-refractivity contribution < 1.29 is 9.13 Å². The van der Waals surface area contributed by atoms with Crippen LogP contribution in [0.15, 0.2) is 46.9 Å². The Kier molecular flexibility index (Phi) is 3.79. The molecule has 0 amide bonds. The Morgan fingerprint density at radius 3 is 2.71 bits per heavy atom. The number of hydrogen-bond donors (Lipinski definition) is 0. The predicted molar refractivity (Wildman–Crippen MR) is 69.6 cm³/mol.